The number of rotatable bonds is 16. The summed E-state index contributed by atoms with van der Waals surface area (Å²) in [6, 6.07) is 0. The van der Waals surface area contributed by atoms with Crippen molar-refractivity contribution >= 4 is 0 Å². The van der Waals surface area contributed by atoms with E-state index < -0.39 is 5.97 Å². The van der Waals surface area contributed by atoms with Crippen molar-refractivity contribution in [2.24, 2.45) is 5.92 Å². The fourth-order valence-electron chi connectivity index (χ4n) is 2.85. The van der Waals surface area contributed by atoms with Gasteiger partial charge in [0.25, 0.3) is 5.97 Å². The maximum Gasteiger partial charge on any atom is 0.285 e. The Morgan fingerprint density at radius 3 is 1.73 bits per heavy atom. The second-order valence-electron chi connectivity index (χ2n) is 6.17. The zero-order valence-corrected chi connectivity index (χ0v) is 15.8. The van der Waals surface area contributed by atoms with Crippen molar-refractivity contribution in [2.75, 3.05) is 20.3 Å². The van der Waals surface area contributed by atoms with Crippen LogP contribution in [0.15, 0.2) is 0 Å². The Morgan fingerprint density at radius 1 is 0.727 bits per heavy atom. The molecule has 3 heteroatoms. The Bertz CT molecular complexity index is 223. The van der Waals surface area contributed by atoms with Gasteiger partial charge in [-0.3, -0.25) is 0 Å². The first-order valence-electron chi connectivity index (χ1n) is 9.53. The van der Waals surface area contributed by atoms with Gasteiger partial charge in [0.1, 0.15) is 0 Å². The van der Waals surface area contributed by atoms with Crippen molar-refractivity contribution in [3.63, 3.8) is 0 Å². The third-order valence-electron chi connectivity index (χ3n) is 4.20. The van der Waals surface area contributed by atoms with Crippen molar-refractivity contribution in [3.05, 3.63) is 0 Å². The predicted molar refractivity (Wildman–Crippen MR) is 94.0 cm³/mol. The van der Waals surface area contributed by atoms with Crippen LogP contribution in [0.25, 0.3) is 0 Å². The molecule has 0 heterocycles. The first-order valence-corrected chi connectivity index (χ1v) is 9.53. The van der Waals surface area contributed by atoms with Gasteiger partial charge in [-0.05, 0) is 25.7 Å². The molecule has 0 aromatic rings. The van der Waals surface area contributed by atoms with Crippen LogP contribution in [-0.4, -0.2) is 26.3 Å². The maximum atomic E-state index is 6.03. The second-order valence-corrected chi connectivity index (χ2v) is 6.17. The standard InChI is InChI=1S/C19H40O3/c1-6-10-11-12-13-14-15-18(9-4)19(20-5,21-16-7-2)22-17-8-3/h18H,6-17H2,1-5H3. The highest BCUT2D eigenvalue weighted by molar-refractivity contribution is 4.71. The quantitative estimate of drug-likeness (QED) is 0.261. The van der Waals surface area contributed by atoms with E-state index in [2.05, 4.69) is 27.7 Å². The molecule has 0 radical (unpaired) electrons. The molecule has 0 spiro atoms. The molecule has 0 rings (SSSR count). The lowest BCUT2D eigenvalue weighted by Gasteiger charge is -2.38. The summed E-state index contributed by atoms with van der Waals surface area (Å²) in [5.74, 6) is -0.536. The molecule has 0 aliphatic rings. The van der Waals surface area contributed by atoms with Crippen molar-refractivity contribution < 1.29 is 14.2 Å². The number of hydrogen-bond acceptors (Lipinski definition) is 3. The summed E-state index contributed by atoms with van der Waals surface area (Å²) in [6.07, 6.45) is 12.0. The monoisotopic (exact) mass is 316 g/mol. The smallest absolute Gasteiger partial charge is 0.285 e. The van der Waals surface area contributed by atoms with Gasteiger partial charge in [-0.2, -0.15) is 0 Å². The van der Waals surface area contributed by atoms with Gasteiger partial charge in [0.15, 0.2) is 0 Å². The summed E-state index contributed by atoms with van der Waals surface area (Å²) in [5, 5.41) is 0. The minimum absolute atomic E-state index is 0.307. The first kappa shape index (κ1) is 21.9. The van der Waals surface area contributed by atoms with Crippen LogP contribution in [0.2, 0.25) is 0 Å². The molecule has 0 aromatic carbocycles. The third-order valence-corrected chi connectivity index (χ3v) is 4.20. The Hall–Kier alpha value is -0.120. The highest BCUT2D eigenvalue weighted by atomic mass is 16.9. The minimum Gasteiger partial charge on any atom is -0.331 e. The molecule has 1 unspecified atom stereocenters. The van der Waals surface area contributed by atoms with Crippen molar-refractivity contribution in [1.29, 1.82) is 0 Å². The molecule has 3 nitrogen and oxygen atoms in total. The minimum atomic E-state index is -0.843. The molecule has 0 aliphatic carbocycles. The van der Waals surface area contributed by atoms with Gasteiger partial charge in [0, 0.05) is 13.0 Å². The van der Waals surface area contributed by atoms with Crippen LogP contribution in [0.1, 0.15) is 91.9 Å². The van der Waals surface area contributed by atoms with E-state index in [1.165, 1.54) is 38.5 Å². The summed E-state index contributed by atoms with van der Waals surface area (Å²) in [6.45, 7) is 10.1. The molecule has 22 heavy (non-hydrogen) atoms. The summed E-state index contributed by atoms with van der Waals surface area (Å²) >= 11 is 0. The van der Waals surface area contributed by atoms with Gasteiger partial charge in [-0.15, -0.1) is 0 Å². The fourth-order valence-corrected chi connectivity index (χ4v) is 2.85. The topological polar surface area (TPSA) is 27.7 Å². The normalized spacial score (nSPS) is 13.5. The van der Waals surface area contributed by atoms with Gasteiger partial charge in [-0.25, -0.2) is 0 Å². The Kier molecular flexibility index (Phi) is 14.4. The van der Waals surface area contributed by atoms with E-state index in [0.717, 1.165) is 25.7 Å². The molecule has 1 atom stereocenters. The van der Waals surface area contributed by atoms with Crippen LogP contribution in [0, 0.1) is 5.92 Å². The lowest BCUT2D eigenvalue weighted by atomic mass is 9.95. The first-order chi connectivity index (χ1) is 10.7. The lowest BCUT2D eigenvalue weighted by molar-refractivity contribution is -0.397. The van der Waals surface area contributed by atoms with Crippen molar-refractivity contribution in [1.82, 2.24) is 0 Å². The third kappa shape index (κ3) is 8.50. The Balaban J connectivity index is 4.46. The fraction of sp³-hybridized carbons (Fsp3) is 1.00. The number of hydrogen-bond donors (Lipinski definition) is 0. The summed E-state index contributed by atoms with van der Waals surface area (Å²) in [5.41, 5.74) is 0. The highest BCUT2D eigenvalue weighted by Gasteiger charge is 2.40. The summed E-state index contributed by atoms with van der Waals surface area (Å²) in [4.78, 5) is 0. The Morgan fingerprint density at radius 2 is 1.27 bits per heavy atom. The van der Waals surface area contributed by atoms with E-state index in [4.69, 9.17) is 14.2 Å². The van der Waals surface area contributed by atoms with Gasteiger partial charge < -0.3 is 14.2 Å². The summed E-state index contributed by atoms with van der Waals surface area (Å²) < 4.78 is 17.8. The maximum absolute atomic E-state index is 6.03. The zero-order chi connectivity index (χ0) is 16.7. The van der Waals surface area contributed by atoms with E-state index in [0.29, 0.717) is 19.1 Å². The molecule has 0 aliphatic heterocycles. The van der Waals surface area contributed by atoms with E-state index in [1.54, 1.807) is 7.11 Å². The van der Waals surface area contributed by atoms with Crippen LogP contribution in [-0.2, 0) is 14.2 Å². The second kappa shape index (κ2) is 14.5. The zero-order valence-electron chi connectivity index (χ0n) is 15.8. The highest BCUT2D eigenvalue weighted by Crippen LogP contribution is 2.32. The Labute approximate surface area is 139 Å². The van der Waals surface area contributed by atoms with Gasteiger partial charge >= 0.3 is 0 Å². The molecule has 0 fully saturated rings. The molecule has 0 saturated heterocycles. The number of methoxy groups -OCH3 is 1. The van der Waals surface area contributed by atoms with E-state index in [9.17, 15) is 0 Å². The molecule has 0 amide bonds. The van der Waals surface area contributed by atoms with Crippen LogP contribution in [0.4, 0.5) is 0 Å². The molecular weight excluding hydrogens is 276 g/mol. The van der Waals surface area contributed by atoms with Gasteiger partial charge in [0.05, 0.1) is 13.2 Å². The largest absolute Gasteiger partial charge is 0.331 e. The van der Waals surface area contributed by atoms with E-state index in [-0.39, 0.29) is 0 Å². The summed E-state index contributed by atoms with van der Waals surface area (Å²) in [7, 11) is 1.72. The van der Waals surface area contributed by atoms with E-state index >= 15 is 0 Å². The van der Waals surface area contributed by atoms with Crippen LogP contribution in [0.5, 0.6) is 0 Å². The molecular formula is C19H40O3. The SMILES string of the molecule is CCCCCCCCC(CC)C(OC)(OCCC)OCCC. The molecule has 0 aromatic heterocycles. The van der Waals surface area contributed by atoms with Gasteiger partial charge in [-0.1, -0.05) is 66.2 Å². The van der Waals surface area contributed by atoms with Crippen LogP contribution >= 0.6 is 0 Å². The van der Waals surface area contributed by atoms with Crippen molar-refractivity contribution in [3.8, 4) is 0 Å². The predicted octanol–water partition coefficient (Wildman–Crippen LogP) is 5.92. The van der Waals surface area contributed by atoms with Crippen molar-refractivity contribution in [2.45, 2.75) is 97.9 Å². The molecule has 0 saturated carbocycles. The molecule has 0 N–H and O–H groups in total. The van der Waals surface area contributed by atoms with E-state index in [1.807, 2.05) is 0 Å². The van der Waals surface area contributed by atoms with Crippen LogP contribution in [0.3, 0.4) is 0 Å². The number of unbranched alkanes of at least 4 members (excludes halogenated alkanes) is 5. The molecule has 134 valence electrons. The average molecular weight is 317 g/mol. The molecule has 0 bridgehead atoms. The van der Waals surface area contributed by atoms with Crippen LogP contribution < -0.4 is 0 Å². The van der Waals surface area contributed by atoms with Gasteiger partial charge in [0.2, 0.25) is 0 Å². The number of ether oxygens (including phenoxy) is 3. The lowest BCUT2D eigenvalue weighted by Crippen LogP contribution is -2.46. The average Bonchev–Trinajstić information content (AvgIpc) is 2.55.